The average molecular weight is 412 g/mol. The first kappa shape index (κ1) is 21.2. The van der Waals surface area contributed by atoms with E-state index in [-0.39, 0.29) is 19.1 Å². The third kappa shape index (κ3) is 5.50. The summed E-state index contributed by atoms with van der Waals surface area (Å²) in [6.45, 7) is 1.78. The van der Waals surface area contributed by atoms with Gasteiger partial charge in [-0.15, -0.1) is 0 Å². The largest absolute Gasteiger partial charge is 0.495 e. The van der Waals surface area contributed by atoms with Gasteiger partial charge in [0.15, 0.2) is 13.2 Å². The molecule has 8 nitrogen and oxygen atoms in total. The number of hydrogen-bond acceptors (Lipinski definition) is 7. The van der Waals surface area contributed by atoms with Gasteiger partial charge in [-0.1, -0.05) is 12.1 Å². The highest BCUT2D eigenvalue weighted by Gasteiger charge is 2.23. The van der Waals surface area contributed by atoms with Crippen molar-refractivity contribution in [2.45, 2.75) is 0 Å². The highest BCUT2D eigenvalue weighted by molar-refractivity contribution is 5.81. The summed E-state index contributed by atoms with van der Waals surface area (Å²) in [6.07, 6.45) is 0.722. The molecule has 30 heavy (non-hydrogen) atoms. The molecule has 8 heteroatoms. The molecule has 3 rings (SSSR count). The summed E-state index contributed by atoms with van der Waals surface area (Å²) < 4.78 is 15.7. The first-order valence-corrected chi connectivity index (χ1v) is 9.60. The van der Waals surface area contributed by atoms with Gasteiger partial charge in [0.1, 0.15) is 17.8 Å². The van der Waals surface area contributed by atoms with Crippen molar-refractivity contribution in [2.75, 3.05) is 51.4 Å². The number of benzene rings is 2. The molecule has 0 atom stereocenters. The van der Waals surface area contributed by atoms with E-state index in [4.69, 9.17) is 14.2 Å². The molecular formula is C22H24N2O6. The van der Waals surface area contributed by atoms with Crippen molar-refractivity contribution in [3.63, 3.8) is 0 Å². The van der Waals surface area contributed by atoms with Gasteiger partial charge in [0.25, 0.3) is 5.91 Å². The van der Waals surface area contributed by atoms with E-state index in [0.717, 1.165) is 17.7 Å². The van der Waals surface area contributed by atoms with Crippen molar-refractivity contribution in [3.8, 4) is 11.5 Å². The fraction of sp³-hybridized carbons (Fsp3) is 0.318. The SMILES string of the molecule is COc1ccccc1N1CCN(C(=O)COC(=O)COc2ccc(C=O)cc2)CC1. The Morgan fingerprint density at radius 1 is 0.967 bits per heavy atom. The predicted molar refractivity (Wildman–Crippen MR) is 110 cm³/mol. The minimum Gasteiger partial charge on any atom is -0.495 e. The molecule has 1 aliphatic rings. The predicted octanol–water partition coefficient (Wildman–Crippen LogP) is 1.78. The molecule has 2 aromatic carbocycles. The molecule has 1 fully saturated rings. The molecule has 1 saturated heterocycles. The van der Waals surface area contributed by atoms with Crippen LogP contribution in [0.15, 0.2) is 48.5 Å². The third-order valence-corrected chi connectivity index (χ3v) is 4.79. The number of piperazine rings is 1. The van der Waals surface area contributed by atoms with E-state index < -0.39 is 5.97 Å². The van der Waals surface area contributed by atoms with Crippen molar-refractivity contribution in [3.05, 3.63) is 54.1 Å². The highest BCUT2D eigenvalue weighted by Crippen LogP contribution is 2.28. The van der Waals surface area contributed by atoms with Crippen molar-refractivity contribution < 1.29 is 28.6 Å². The van der Waals surface area contributed by atoms with Crippen molar-refractivity contribution in [1.82, 2.24) is 4.90 Å². The molecule has 0 aromatic heterocycles. The van der Waals surface area contributed by atoms with Crippen LogP contribution < -0.4 is 14.4 Å². The maximum atomic E-state index is 12.3. The standard InChI is InChI=1S/C22H24N2O6/c1-28-20-5-3-2-4-19(20)23-10-12-24(13-11-23)21(26)15-30-22(27)16-29-18-8-6-17(14-25)7-9-18/h2-9,14H,10-13,15-16H2,1H3. The lowest BCUT2D eigenvalue weighted by molar-refractivity contribution is -0.153. The normalized spacial score (nSPS) is 13.5. The van der Waals surface area contributed by atoms with Gasteiger partial charge in [-0.25, -0.2) is 4.79 Å². The van der Waals surface area contributed by atoms with Crippen LogP contribution in [-0.4, -0.2) is 69.6 Å². The zero-order valence-corrected chi connectivity index (χ0v) is 16.8. The molecule has 0 saturated carbocycles. The zero-order valence-electron chi connectivity index (χ0n) is 16.8. The number of amides is 1. The topological polar surface area (TPSA) is 85.4 Å². The van der Waals surface area contributed by atoms with Crippen LogP contribution in [-0.2, 0) is 14.3 Å². The lowest BCUT2D eigenvalue weighted by atomic mass is 10.2. The number of esters is 1. The number of aldehydes is 1. The minimum absolute atomic E-state index is 0.238. The van der Waals surface area contributed by atoms with Gasteiger partial charge >= 0.3 is 5.97 Å². The van der Waals surface area contributed by atoms with Crippen molar-refractivity contribution in [2.24, 2.45) is 0 Å². The van der Waals surface area contributed by atoms with E-state index in [1.165, 1.54) is 0 Å². The fourth-order valence-electron chi connectivity index (χ4n) is 3.15. The van der Waals surface area contributed by atoms with Crippen LogP contribution in [0.25, 0.3) is 0 Å². The quantitative estimate of drug-likeness (QED) is 0.483. The Balaban J connectivity index is 1.40. The molecule has 0 bridgehead atoms. The van der Waals surface area contributed by atoms with Crippen molar-refractivity contribution >= 4 is 23.9 Å². The van der Waals surface area contributed by atoms with Gasteiger partial charge < -0.3 is 24.0 Å². The second-order valence-corrected chi connectivity index (χ2v) is 6.68. The monoisotopic (exact) mass is 412 g/mol. The average Bonchev–Trinajstić information content (AvgIpc) is 2.81. The molecule has 1 aliphatic heterocycles. The number of carbonyl (C=O) groups is 3. The Labute approximate surface area is 174 Å². The van der Waals surface area contributed by atoms with Crippen LogP contribution in [0, 0.1) is 0 Å². The number of carbonyl (C=O) groups excluding carboxylic acids is 3. The third-order valence-electron chi connectivity index (χ3n) is 4.79. The first-order chi connectivity index (χ1) is 14.6. The molecule has 158 valence electrons. The highest BCUT2D eigenvalue weighted by atomic mass is 16.6. The Morgan fingerprint density at radius 3 is 2.33 bits per heavy atom. The van der Waals surface area contributed by atoms with Crippen LogP contribution in [0.2, 0.25) is 0 Å². The summed E-state index contributed by atoms with van der Waals surface area (Å²) >= 11 is 0. The number of rotatable bonds is 8. The number of hydrogen-bond donors (Lipinski definition) is 0. The number of nitrogens with zero attached hydrogens (tertiary/aromatic N) is 2. The second-order valence-electron chi connectivity index (χ2n) is 6.68. The van der Waals surface area contributed by atoms with Gasteiger partial charge in [0.2, 0.25) is 0 Å². The summed E-state index contributed by atoms with van der Waals surface area (Å²) in [5, 5.41) is 0. The van der Waals surface area contributed by atoms with Gasteiger partial charge in [0, 0.05) is 31.7 Å². The van der Waals surface area contributed by atoms with Crippen LogP contribution in [0.5, 0.6) is 11.5 Å². The Morgan fingerprint density at radius 2 is 1.67 bits per heavy atom. The van der Waals surface area contributed by atoms with E-state index >= 15 is 0 Å². The summed E-state index contributed by atoms with van der Waals surface area (Å²) in [4.78, 5) is 38.7. The summed E-state index contributed by atoms with van der Waals surface area (Å²) in [6, 6.07) is 14.1. The summed E-state index contributed by atoms with van der Waals surface area (Å²) in [5.41, 5.74) is 1.51. The van der Waals surface area contributed by atoms with Crippen LogP contribution in [0.1, 0.15) is 10.4 Å². The molecule has 0 unspecified atom stereocenters. The van der Waals surface area contributed by atoms with Gasteiger partial charge in [-0.05, 0) is 36.4 Å². The maximum Gasteiger partial charge on any atom is 0.344 e. The molecule has 2 aromatic rings. The van der Waals surface area contributed by atoms with E-state index in [2.05, 4.69) is 4.90 Å². The van der Waals surface area contributed by atoms with Gasteiger partial charge in [-0.2, -0.15) is 0 Å². The Bertz CT molecular complexity index is 875. The molecule has 0 N–H and O–H groups in total. The molecule has 1 heterocycles. The van der Waals surface area contributed by atoms with Crippen LogP contribution in [0.4, 0.5) is 5.69 Å². The summed E-state index contributed by atoms with van der Waals surface area (Å²) in [7, 11) is 1.64. The van der Waals surface area contributed by atoms with Crippen LogP contribution in [0.3, 0.4) is 0 Å². The molecule has 0 radical (unpaired) electrons. The Kier molecular flexibility index (Phi) is 7.26. The lowest BCUT2D eigenvalue weighted by Crippen LogP contribution is -2.50. The van der Waals surface area contributed by atoms with Crippen LogP contribution >= 0.6 is 0 Å². The summed E-state index contributed by atoms with van der Waals surface area (Å²) in [5.74, 6) is 0.372. The minimum atomic E-state index is -0.629. The smallest absolute Gasteiger partial charge is 0.344 e. The molecular weight excluding hydrogens is 388 g/mol. The fourth-order valence-corrected chi connectivity index (χ4v) is 3.15. The van der Waals surface area contributed by atoms with E-state index in [9.17, 15) is 14.4 Å². The van der Waals surface area contributed by atoms with E-state index in [0.29, 0.717) is 37.5 Å². The lowest BCUT2D eigenvalue weighted by Gasteiger charge is -2.36. The second kappa shape index (κ2) is 10.3. The van der Waals surface area contributed by atoms with Crippen molar-refractivity contribution in [1.29, 1.82) is 0 Å². The Hall–Kier alpha value is -3.55. The van der Waals surface area contributed by atoms with Gasteiger partial charge in [0.05, 0.1) is 12.8 Å². The molecule has 0 spiro atoms. The first-order valence-electron chi connectivity index (χ1n) is 9.60. The van der Waals surface area contributed by atoms with Gasteiger partial charge in [-0.3, -0.25) is 9.59 Å². The van der Waals surface area contributed by atoms with E-state index in [1.807, 2.05) is 24.3 Å². The van der Waals surface area contributed by atoms with E-state index in [1.54, 1.807) is 36.3 Å². The zero-order chi connectivity index (χ0) is 21.3. The number of methoxy groups -OCH3 is 1. The number of para-hydroxylation sites is 2. The molecule has 0 aliphatic carbocycles. The number of ether oxygens (including phenoxy) is 3. The molecule has 1 amide bonds. The maximum absolute atomic E-state index is 12.3. The number of anilines is 1.